The van der Waals surface area contributed by atoms with Gasteiger partial charge in [0.05, 0.1) is 6.61 Å². The summed E-state index contributed by atoms with van der Waals surface area (Å²) in [4.78, 5) is 24.0. The summed E-state index contributed by atoms with van der Waals surface area (Å²) in [6.07, 6.45) is 4.57. The minimum Gasteiger partial charge on any atom is -0.494 e. The van der Waals surface area contributed by atoms with Gasteiger partial charge in [-0.05, 0) is 61.4 Å². The molecule has 0 atom stereocenters. The molecule has 0 radical (unpaired) electrons. The number of rotatable bonds is 10. The molecule has 0 aliphatic heterocycles. The summed E-state index contributed by atoms with van der Waals surface area (Å²) < 4.78 is 12.0. The number of carbonyl (C=O) groups excluding carboxylic acids is 2. The third kappa shape index (κ3) is 8.15. The fraction of sp³-hybridized carbons (Fsp3) is 0.364. The van der Waals surface area contributed by atoms with Crippen LogP contribution in [0.4, 0.5) is 0 Å². The summed E-state index contributed by atoms with van der Waals surface area (Å²) in [6, 6.07) is 12.2. The second-order valence-electron chi connectivity index (χ2n) is 6.64. The van der Waals surface area contributed by atoms with E-state index in [1.165, 1.54) is 12.8 Å². The normalized spacial score (nSPS) is 10.3. The van der Waals surface area contributed by atoms with Crippen LogP contribution in [0.1, 0.15) is 48.5 Å². The number of unbranched alkanes of at least 4 members (excludes halogenated alkanes) is 3. The first kappa shape index (κ1) is 22.7. The number of carbonyl (C=O) groups is 2. The second-order valence-corrected chi connectivity index (χ2v) is 7.49. The number of ether oxygens (including phenoxy) is 2. The fourth-order valence-corrected chi connectivity index (χ4v) is 2.76. The molecule has 0 aliphatic carbocycles. The number of hydrazine groups is 1. The van der Waals surface area contributed by atoms with Crippen molar-refractivity contribution in [3.63, 3.8) is 0 Å². The van der Waals surface area contributed by atoms with Gasteiger partial charge in [-0.2, -0.15) is 0 Å². The molecule has 2 aromatic carbocycles. The highest BCUT2D eigenvalue weighted by molar-refractivity contribution is 9.10. The molecule has 0 heterocycles. The molecule has 2 N–H and O–H groups in total. The third-order valence-electron chi connectivity index (χ3n) is 4.20. The molecule has 0 aromatic heterocycles. The van der Waals surface area contributed by atoms with Crippen molar-refractivity contribution >= 4 is 27.7 Å². The van der Waals surface area contributed by atoms with Gasteiger partial charge in [0, 0.05) is 10.0 Å². The lowest BCUT2D eigenvalue weighted by molar-refractivity contribution is -0.123. The molecule has 0 fully saturated rings. The topological polar surface area (TPSA) is 76.7 Å². The first-order chi connectivity index (χ1) is 14.0. The summed E-state index contributed by atoms with van der Waals surface area (Å²) in [5.41, 5.74) is 6.14. The predicted octanol–water partition coefficient (Wildman–Crippen LogP) is 4.56. The highest BCUT2D eigenvalue weighted by Crippen LogP contribution is 2.21. The largest absolute Gasteiger partial charge is 0.494 e. The Bertz CT molecular complexity index is 809. The standard InChI is InChI=1S/C22H27BrN2O4/c1-3-4-5-6-13-28-18-9-7-17(8-10-18)22(27)25-24-21(26)15-29-19-11-12-20(23)16(2)14-19/h7-12,14H,3-6,13,15H2,1-2H3,(H,24,26)(H,25,27). The third-order valence-corrected chi connectivity index (χ3v) is 5.09. The Balaban J connectivity index is 1.70. The highest BCUT2D eigenvalue weighted by atomic mass is 79.9. The summed E-state index contributed by atoms with van der Waals surface area (Å²) >= 11 is 3.41. The Morgan fingerprint density at radius 1 is 0.931 bits per heavy atom. The number of amides is 2. The number of benzene rings is 2. The minimum absolute atomic E-state index is 0.202. The molecule has 0 unspecified atom stereocenters. The molecule has 2 aromatic rings. The maximum Gasteiger partial charge on any atom is 0.276 e. The van der Waals surface area contributed by atoms with Gasteiger partial charge in [-0.25, -0.2) is 0 Å². The van der Waals surface area contributed by atoms with Crippen molar-refractivity contribution < 1.29 is 19.1 Å². The number of hydrogen-bond acceptors (Lipinski definition) is 4. The lowest BCUT2D eigenvalue weighted by atomic mass is 10.2. The van der Waals surface area contributed by atoms with Crippen LogP contribution in [0.3, 0.4) is 0 Å². The Morgan fingerprint density at radius 2 is 1.66 bits per heavy atom. The van der Waals surface area contributed by atoms with Crippen LogP contribution in [0.25, 0.3) is 0 Å². The summed E-state index contributed by atoms with van der Waals surface area (Å²) in [7, 11) is 0. The van der Waals surface area contributed by atoms with E-state index in [-0.39, 0.29) is 6.61 Å². The average Bonchev–Trinajstić information content (AvgIpc) is 2.73. The monoisotopic (exact) mass is 462 g/mol. The molecule has 0 spiro atoms. The molecule has 2 rings (SSSR count). The van der Waals surface area contributed by atoms with E-state index >= 15 is 0 Å². The van der Waals surface area contributed by atoms with Crippen molar-refractivity contribution in [3.8, 4) is 11.5 Å². The van der Waals surface area contributed by atoms with Crippen LogP contribution in [0.2, 0.25) is 0 Å². The van der Waals surface area contributed by atoms with E-state index in [9.17, 15) is 9.59 Å². The van der Waals surface area contributed by atoms with E-state index < -0.39 is 11.8 Å². The van der Waals surface area contributed by atoms with E-state index in [1.807, 2.05) is 19.1 Å². The first-order valence-electron chi connectivity index (χ1n) is 9.70. The van der Waals surface area contributed by atoms with Gasteiger partial charge in [-0.3, -0.25) is 20.4 Å². The van der Waals surface area contributed by atoms with Crippen LogP contribution in [-0.2, 0) is 4.79 Å². The Hall–Kier alpha value is -2.54. The van der Waals surface area contributed by atoms with Gasteiger partial charge in [0.2, 0.25) is 0 Å². The molecule has 156 valence electrons. The fourth-order valence-electron chi connectivity index (χ4n) is 2.51. The van der Waals surface area contributed by atoms with Crippen LogP contribution in [0.15, 0.2) is 46.9 Å². The van der Waals surface area contributed by atoms with E-state index in [1.54, 1.807) is 30.3 Å². The lowest BCUT2D eigenvalue weighted by Gasteiger charge is -2.10. The predicted molar refractivity (Wildman–Crippen MR) is 116 cm³/mol. The maximum atomic E-state index is 12.1. The molecular formula is C22H27BrN2O4. The molecule has 7 heteroatoms. The van der Waals surface area contributed by atoms with Crippen molar-refractivity contribution in [1.82, 2.24) is 10.9 Å². The Kier molecular flexibility index (Phi) is 9.50. The summed E-state index contributed by atoms with van der Waals surface area (Å²) in [5.74, 6) is 0.441. The molecule has 0 aliphatic rings. The molecule has 0 saturated heterocycles. The van der Waals surface area contributed by atoms with E-state index in [0.29, 0.717) is 17.9 Å². The number of nitrogens with one attached hydrogen (secondary N) is 2. The molecule has 2 amide bonds. The maximum absolute atomic E-state index is 12.1. The zero-order valence-corrected chi connectivity index (χ0v) is 18.4. The zero-order chi connectivity index (χ0) is 21.1. The first-order valence-corrected chi connectivity index (χ1v) is 10.5. The second kappa shape index (κ2) is 12.1. The van der Waals surface area contributed by atoms with Gasteiger partial charge in [0.1, 0.15) is 11.5 Å². The summed E-state index contributed by atoms with van der Waals surface area (Å²) in [5, 5.41) is 0. The van der Waals surface area contributed by atoms with E-state index in [0.717, 1.165) is 28.6 Å². The Morgan fingerprint density at radius 3 is 2.34 bits per heavy atom. The number of hydrogen-bond donors (Lipinski definition) is 2. The van der Waals surface area contributed by atoms with Crippen LogP contribution < -0.4 is 20.3 Å². The van der Waals surface area contributed by atoms with Crippen molar-refractivity contribution in [3.05, 3.63) is 58.1 Å². The SMILES string of the molecule is CCCCCCOc1ccc(C(=O)NNC(=O)COc2ccc(Br)c(C)c2)cc1. The number of halogens is 1. The van der Waals surface area contributed by atoms with E-state index in [4.69, 9.17) is 9.47 Å². The van der Waals surface area contributed by atoms with Gasteiger partial charge < -0.3 is 9.47 Å². The van der Waals surface area contributed by atoms with E-state index in [2.05, 4.69) is 33.7 Å². The van der Waals surface area contributed by atoms with Crippen molar-refractivity contribution in [2.75, 3.05) is 13.2 Å². The van der Waals surface area contributed by atoms with Gasteiger partial charge in [0.25, 0.3) is 11.8 Å². The van der Waals surface area contributed by atoms with Gasteiger partial charge in [-0.15, -0.1) is 0 Å². The molecule has 6 nitrogen and oxygen atoms in total. The van der Waals surface area contributed by atoms with Crippen LogP contribution >= 0.6 is 15.9 Å². The molecule has 29 heavy (non-hydrogen) atoms. The lowest BCUT2D eigenvalue weighted by Crippen LogP contribution is -2.43. The smallest absolute Gasteiger partial charge is 0.276 e. The van der Waals surface area contributed by atoms with Gasteiger partial charge in [-0.1, -0.05) is 42.1 Å². The van der Waals surface area contributed by atoms with Crippen LogP contribution in [0, 0.1) is 6.92 Å². The number of aryl methyl sites for hydroxylation is 1. The quantitative estimate of drug-likeness (QED) is 0.400. The van der Waals surface area contributed by atoms with Crippen molar-refractivity contribution in [1.29, 1.82) is 0 Å². The van der Waals surface area contributed by atoms with Crippen molar-refractivity contribution in [2.24, 2.45) is 0 Å². The summed E-state index contributed by atoms with van der Waals surface area (Å²) in [6.45, 7) is 4.56. The molecular weight excluding hydrogens is 436 g/mol. The van der Waals surface area contributed by atoms with Gasteiger partial charge in [0.15, 0.2) is 6.61 Å². The van der Waals surface area contributed by atoms with Gasteiger partial charge >= 0.3 is 0 Å². The minimum atomic E-state index is -0.453. The van der Waals surface area contributed by atoms with Crippen LogP contribution in [0.5, 0.6) is 11.5 Å². The zero-order valence-electron chi connectivity index (χ0n) is 16.8. The Labute approximate surface area is 180 Å². The highest BCUT2D eigenvalue weighted by Gasteiger charge is 2.09. The molecule has 0 saturated carbocycles. The molecule has 0 bridgehead atoms. The van der Waals surface area contributed by atoms with Crippen LogP contribution in [-0.4, -0.2) is 25.0 Å². The van der Waals surface area contributed by atoms with Crippen molar-refractivity contribution in [2.45, 2.75) is 39.5 Å². The average molecular weight is 463 g/mol.